The van der Waals surface area contributed by atoms with Crippen molar-refractivity contribution in [3.8, 4) is 0 Å². The molecule has 1 aromatic carbocycles. The molecular weight excluding hydrogens is 212 g/mol. The van der Waals surface area contributed by atoms with Gasteiger partial charge in [0.25, 0.3) is 0 Å². The molecule has 2 rings (SSSR count). The van der Waals surface area contributed by atoms with Crippen molar-refractivity contribution >= 4 is 16.6 Å². The van der Waals surface area contributed by atoms with Crippen molar-refractivity contribution in [3.05, 3.63) is 30.5 Å². The average molecular weight is 228 g/mol. The van der Waals surface area contributed by atoms with Crippen molar-refractivity contribution in [1.29, 1.82) is 0 Å². The van der Waals surface area contributed by atoms with Gasteiger partial charge in [-0.3, -0.25) is 0 Å². The zero-order chi connectivity index (χ0) is 12.1. The van der Waals surface area contributed by atoms with E-state index in [0.29, 0.717) is 5.82 Å². The molecule has 2 aromatic rings. The van der Waals surface area contributed by atoms with Gasteiger partial charge in [-0.1, -0.05) is 37.6 Å². The highest BCUT2D eigenvalue weighted by atomic mass is 15.2. The average Bonchev–Trinajstić information content (AvgIpc) is 2.36. The highest BCUT2D eigenvalue weighted by molar-refractivity contribution is 5.89. The molecule has 17 heavy (non-hydrogen) atoms. The van der Waals surface area contributed by atoms with Crippen LogP contribution in [0.25, 0.3) is 10.8 Å². The molecule has 0 aliphatic carbocycles. The fourth-order valence-corrected chi connectivity index (χ4v) is 1.72. The van der Waals surface area contributed by atoms with Gasteiger partial charge in [0.2, 0.25) is 5.82 Å². The second kappa shape index (κ2) is 5.48. The molecule has 88 valence electrons. The summed E-state index contributed by atoms with van der Waals surface area (Å²) in [7, 11) is 0. The number of hydrogen-bond donors (Lipinski definition) is 0. The van der Waals surface area contributed by atoms with Crippen LogP contribution in [0.4, 0.5) is 5.82 Å². The Labute approximate surface area is 101 Å². The molecule has 0 saturated heterocycles. The predicted octanol–water partition coefficient (Wildman–Crippen LogP) is 3.90. The zero-order valence-electron chi connectivity index (χ0n) is 10.2. The van der Waals surface area contributed by atoms with Gasteiger partial charge in [0, 0.05) is 10.8 Å². The lowest BCUT2D eigenvalue weighted by molar-refractivity contribution is 0.627. The molecular formula is C13H16N4. The van der Waals surface area contributed by atoms with E-state index in [0.717, 1.165) is 23.6 Å². The Balaban J connectivity index is 2.30. The molecule has 0 aliphatic heterocycles. The third-order valence-electron chi connectivity index (χ3n) is 2.61. The lowest BCUT2D eigenvalue weighted by Crippen LogP contribution is -1.94. The number of fused-ring (bicyclic) bond motifs is 1. The Morgan fingerprint density at radius 2 is 2.12 bits per heavy atom. The lowest BCUT2D eigenvalue weighted by Gasteiger charge is -2.02. The quantitative estimate of drug-likeness (QED) is 0.745. The molecule has 1 unspecified atom stereocenters. The molecule has 0 amide bonds. The van der Waals surface area contributed by atoms with Gasteiger partial charge in [-0.15, -0.1) is 10.2 Å². The smallest absolute Gasteiger partial charge is 0.184 e. The molecule has 0 saturated carbocycles. The van der Waals surface area contributed by atoms with Crippen LogP contribution in [0, 0.1) is 0 Å². The van der Waals surface area contributed by atoms with Gasteiger partial charge in [-0.05, 0) is 13.3 Å². The van der Waals surface area contributed by atoms with E-state index in [1.165, 1.54) is 0 Å². The second-order valence-electron chi connectivity index (χ2n) is 4.11. The largest absolute Gasteiger partial charge is 0.203 e. The summed E-state index contributed by atoms with van der Waals surface area (Å²) in [6, 6.07) is 8.17. The second-order valence-corrected chi connectivity index (χ2v) is 4.11. The highest BCUT2D eigenvalue weighted by Crippen LogP contribution is 2.22. The van der Waals surface area contributed by atoms with Crippen LogP contribution in [-0.4, -0.2) is 16.2 Å². The molecule has 0 aliphatic rings. The number of hydrogen-bond acceptors (Lipinski definition) is 4. The van der Waals surface area contributed by atoms with Crippen molar-refractivity contribution in [2.75, 3.05) is 0 Å². The molecule has 0 fully saturated rings. The molecule has 4 heteroatoms. The van der Waals surface area contributed by atoms with Crippen LogP contribution in [-0.2, 0) is 0 Å². The maximum Gasteiger partial charge on any atom is 0.203 e. The molecule has 0 bridgehead atoms. The summed E-state index contributed by atoms with van der Waals surface area (Å²) in [5.74, 6) is 0.603. The van der Waals surface area contributed by atoms with Crippen molar-refractivity contribution in [2.45, 2.75) is 32.7 Å². The highest BCUT2D eigenvalue weighted by Gasteiger charge is 2.02. The van der Waals surface area contributed by atoms with Gasteiger partial charge in [-0.25, -0.2) is 0 Å². The van der Waals surface area contributed by atoms with Crippen LogP contribution in [0.3, 0.4) is 0 Å². The predicted molar refractivity (Wildman–Crippen MR) is 68.4 cm³/mol. The van der Waals surface area contributed by atoms with Gasteiger partial charge in [-0.2, -0.15) is 10.2 Å². The van der Waals surface area contributed by atoms with Crippen molar-refractivity contribution in [1.82, 2.24) is 10.2 Å². The van der Waals surface area contributed by atoms with Crippen LogP contribution in [0.5, 0.6) is 0 Å². The number of nitrogens with zero attached hydrogens (tertiary/aromatic N) is 4. The van der Waals surface area contributed by atoms with E-state index in [1.54, 1.807) is 6.20 Å². The van der Waals surface area contributed by atoms with Gasteiger partial charge in [0.1, 0.15) is 0 Å². The Bertz CT molecular complexity index is 516. The fraction of sp³-hybridized carbons (Fsp3) is 0.385. The van der Waals surface area contributed by atoms with Crippen LogP contribution in [0.15, 0.2) is 40.7 Å². The van der Waals surface area contributed by atoms with E-state index in [2.05, 4.69) is 34.3 Å². The maximum atomic E-state index is 4.26. The summed E-state index contributed by atoms with van der Waals surface area (Å²) in [5, 5.41) is 18.5. The summed E-state index contributed by atoms with van der Waals surface area (Å²) in [6.45, 7) is 4.20. The Morgan fingerprint density at radius 3 is 2.94 bits per heavy atom. The summed E-state index contributed by atoms with van der Waals surface area (Å²) in [5.41, 5.74) is 0. The minimum absolute atomic E-state index is 0.237. The molecule has 1 aromatic heterocycles. The van der Waals surface area contributed by atoms with E-state index in [-0.39, 0.29) is 6.04 Å². The van der Waals surface area contributed by atoms with E-state index < -0.39 is 0 Å². The fourth-order valence-electron chi connectivity index (χ4n) is 1.72. The monoisotopic (exact) mass is 228 g/mol. The van der Waals surface area contributed by atoms with Gasteiger partial charge < -0.3 is 0 Å². The Hall–Kier alpha value is -1.84. The zero-order valence-corrected chi connectivity index (χ0v) is 10.2. The van der Waals surface area contributed by atoms with Crippen LogP contribution in [0.1, 0.15) is 26.7 Å². The van der Waals surface area contributed by atoms with Crippen LogP contribution in [0.2, 0.25) is 0 Å². The summed E-state index contributed by atoms with van der Waals surface area (Å²) in [4.78, 5) is 0. The normalized spacial score (nSPS) is 13.3. The van der Waals surface area contributed by atoms with Crippen molar-refractivity contribution in [2.24, 2.45) is 10.2 Å². The van der Waals surface area contributed by atoms with Crippen molar-refractivity contribution in [3.63, 3.8) is 0 Å². The third-order valence-corrected chi connectivity index (χ3v) is 2.61. The Morgan fingerprint density at radius 1 is 1.29 bits per heavy atom. The summed E-state index contributed by atoms with van der Waals surface area (Å²) < 4.78 is 0. The van der Waals surface area contributed by atoms with E-state index >= 15 is 0 Å². The first-order chi connectivity index (χ1) is 8.31. The van der Waals surface area contributed by atoms with E-state index in [4.69, 9.17) is 0 Å². The maximum absolute atomic E-state index is 4.26. The van der Waals surface area contributed by atoms with Gasteiger partial charge in [0.05, 0.1) is 12.2 Å². The SMILES string of the molecule is CCCC(C)N=Nc1nncc2ccccc12. The number of rotatable bonds is 4. The van der Waals surface area contributed by atoms with Gasteiger partial charge in [0.15, 0.2) is 0 Å². The van der Waals surface area contributed by atoms with Crippen LogP contribution < -0.4 is 0 Å². The first-order valence-electron chi connectivity index (χ1n) is 5.92. The minimum Gasteiger partial charge on any atom is -0.184 e. The summed E-state index contributed by atoms with van der Waals surface area (Å²) in [6.07, 6.45) is 3.90. The third kappa shape index (κ3) is 2.84. The standard InChI is InChI=1S/C13H16N4/c1-3-6-10(2)15-17-13-12-8-5-4-7-11(12)9-14-16-13/h4-5,7-10H,3,6H2,1-2H3. The molecule has 0 radical (unpaired) electrons. The summed E-state index contributed by atoms with van der Waals surface area (Å²) >= 11 is 0. The molecule has 1 atom stereocenters. The van der Waals surface area contributed by atoms with Crippen LogP contribution >= 0.6 is 0 Å². The van der Waals surface area contributed by atoms with E-state index in [1.807, 2.05) is 24.3 Å². The first kappa shape index (κ1) is 11.6. The Kier molecular flexibility index (Phi) is 3.75. The van der Waals surface area contributed by atoms with Crippen molar-refractivity contribution < 1.29 is 0 Å². The molecule has 0 N–H and O–H groups in total. The van der Waals surface area contributed by atoms with Gasteiger partial charge >= 0.3 is 0 Å². The first-order valence-corrected chi connectivity index (χ1v) is 5.92. The number of azo groups is 1. The lowest BCUT2D eigenvalue weighted by atomic mass is 10.2. The molecule has 4 nitrogen and oxygen atoms in total. The minimum atomic E-state index is 0.237. The van der Waals surface area contributed by atoms with E-state index in [9.17, 15) is 0 Å². The molecule has 1 heterocycles. The number of benzene rings is 1. The number of aromatic nitrogens is 2. The molecule has 0 spiro atoms. The topological polar surface area (TPSA) is 50.5 Å².